The second-order valence-electron chi connectivity index (χ2n) is 1.76. The summed E-state index contributed by atoms with van der Waals surface area (Å²) in [5.41, 5.74) is 0. The smallest absolute Gasteiger partial charge is 0.223 e. The molecule has 1 heterocycles. The van der Waals surface area contributed by atoms with Crippen molar-refractivity contribution in [3.63, 3.8) is 0 Å². The first kappa shape index (κ1) is 6.86. The zero-order valence-electron chi connectivity index (χ0n) is 5.70. The zero-order valence-corrected chi connectivity index (χ0v) is 5.70. The molecule has 0 spiro atoms. The van der Waals surface area contributed by atoms with Crippen molar-refractivity contribution >= 4 is 0 Å². The SMILES string of the molecule is CCOc1cnccc1[O]. The van der Waals surface area contributed by atoms with Gasteiger partial charge in [-0.05, 0) is 6.92 Å². The van der Waals surface area contributed by atoms with Crippen LogP contribution in [0.15, 0.2) is 18.5 Å². The van der Waals surface area contributed by atoms with Crippen LogP contribution < -0.4 is 4.74 Å². The van der Waals surface area contributed by atoms with Gasteiger partial charge in [0, 0.05) is 12.3 Å². The van der Waals surface area contributed by atoms with E-state index in [4.69, 9.17) is 4.74 Å². The third-order valence-electron chi connectivity index (χ3n) is 1.05. The molecule has 1 radical (unpaired) electrons. The first-order chi connectivity index (χ1) is 4.84. The molecule has 0 aromatic carbocycles. The van der Waals surface area contributed by atoms with Gasteiger partial charge in [-0.2, -0.15) is 0 Å². The molecule has 0 aliphatic carbocycles. The lowest BCUT2D eigenvalue weighted by Crippen LogP contribution is -1.91. The topological polar surface area (TPSA) is 42.0 Å². The monoisotopic (exact) mass is 138 g/mol. The Morgan fingerprint density at radius 2 is 2.50 bits per heavy atom. The zero-order chi connectivity index (χ0) is 7.40. The Hall–Kier alpha value is -1.25. The lowest BCUT2D eigenvalue weighted by Gasteiger charge is -2.00. The highest BCUT2D eigenvalue weighted by Gasteiger charge is 2.00. The van der Waals surface area contributed by atoms with E-state index >= 15 is 0 Å². The fourth-order valence-corrected chi connectivity index (χ4v) is 0.631. The molecule has 1 aromatic heterocycles. The molecule has 10 heavy (non-hydrogen) atoms. The first-order valence-electron chi connectivity index (χ1n) is 3.08. The van der Waals surface area contributed by atoms with Crippen LogP contribution in [0.4, 0.5) is 0 Å². The van der Waals surface area contributed by atoms with Gasteiger partial charge in [0.1, 0.15) is 0 Å². The van der Waals surface area contributed by atoms with E-state index in [0.29, 0.717) is 12.4 Å². The van der Waals surface area contributed by atoms with Crippen molar-refractivity contribution in [3.8, 4) is 11.5 Å². The third kappa shape index (κ3) is 1.37. The standard InChI is InChI=1S/C7H8NO2/c1-2-10-7-5-8-4-3-6(7)9/h3-5H,2H2,1H3. The number of rotatable bonds is 2. The molecule has 0 saturated heterocycles. The van der Waals surface area contributed by atoms with Crippen LogP contribution in [0.5, 0.6) is 11.5 Å². The molecule has 0 atom stereocenters. The average Bonchev–Trinajstić information content (AvgIpc) is 1.94. The minimum atomic E-state index is -0.114. The van der Waals surface area contributed by atoms with E-state index < -0.39 is 0 Å². The van der Waals surface area contributed by atoms with Gasteiger partial charge >= 0.3 is 0 Å². The Labute approximate surface area is 59.3 Å². The minimum absolute atomic E-state index is 0.114. The third-order valence-corrected chi connectivity index (χ3v) is 1.05. The Morgan fingerprint density at radius 1 is 1.70 bits per heavy atom. The normalized spacial score (nSPS) is 9.30. The summed E-state index contributed by atoms with van der Waals surface area (Å²) in [5.74, 6) is 0.210. The van der Waals surface area contributed by atoms with Crippen molar-refractivity contribution < 1.29 is 9.84 Å². The molecule has 0 amide bonds. The Kier molecular flexibility index (Phi) is 2.10. The lowest BCUT2D eigenvalue weighted by molar-refractivity contribution is 0.286. The second kappa shape index (κ2) is 3.06. The van der Waals surface area contributed by atoms with Crippen LogP contribution in [-0.2, 0) is 5.11 Å². The highest BCUT2D eigenvalue weighted by molar-refractivity contribution is 5.34. The van der Waals surface area contributed by atoms with Crippen molar-refractivity contribution in [2.45, 2.75) is 6.92 Å². The van der Waals surface area contributed by atoms with Crippen LogP contribution in [0, 0.1) is 0 Å². The largest absolute Gasteiger partial charge is 0.488 e. The van der Waals surface area contributed by atoms with Gasteiger partial charge in [-0.15, -0.1) is 0 Å². The fourth-order valence-electron chi connectivity index (χ4n) is 0.631. The van der Waals surface area contributed by atoms with Crippen LogP contribution >= 0.6 is 0 Å². The highest BCUT2D eigenvalue weighted by atomic mass is 16.5. The highest BCUT2D eigenvalue weighted by Crippen LogP contribution is 2.23. The maximum absolute atomic E-state index is 10.8. The van der Waals surface area contributed by atoms with E-state index in [1.807, 2.05) is 6.92 Å². The van der Waals surface area contributed by atoms with Gasteiger partial charge < -0.3 is 4.74 Å². The van der Waals surface area contributed by atoms with Crippen LogP contribution in [0.1, 0.15) is 6.92 Å². The number of hydrogen-bond donors (Lipinski definition) is 0. The summed E-state index contributed by atoms with van der Waals surface area (Å²) in [6.45, 7) is 2.33. The summed E-state index contributed by atoms with van der Waals surface area (Å²) in [6.07, 6.45) is 2.87. The molecule has 0 fully saturated rings. The molecule has 0 bridgehead atoms. The Morgan fingerprint density at radius 3 is 3.10 bits per heavy atom. The van der Waals surface area contributed by atoms with Gasteiger partial charge in [-0.1, -0.05) is 0 Å². The molecular weight excluding hydrogens is 130 g/mol. The fraction of sp³-hybridized carbons (Fsp3) is 0.286. The molecule has 1 rings (SSSR count). The molecule has 0 N–H and O–H groups in total. The number of pyridine rings is 1. The molecule has 0 saturated carbocycles. The Bertz CT molecular complexity index is 213. The molecule has 0 aliphatic heterocycles. The predicted molar refractivity (Wildman–Crippen MR) is 35.5 cm³/mol. The second-order valence-corrected chi connectivity index (χ2v) is 1.76. The lowest BCUT2D eigenvalue weighted by atomic mass is 10.4. The van der Waals surface area contributed by atoms with Crippen molar-refractivity contribution in [2.24, 2.45) is 0 Å². The summed E-state index contributed by atoms with van der Waals surface area (Å²) in [7, 11) is 0. The van der Waals surface area contributed by atoms with E-state index in [9.17, 15) is 5.11 Å². The van der Waals surface area contributed by atoms with Gasteiger partial charge in [0.15, 0.2) is 5.75 Å². The van der Waals surface area contributed by atoms with Crippen molar-refractivity contribution in [2.75, 3.05) is 6.61 Å². The van der Waals surface area contributed by atoms with E-state index in [2.05, 4.69) is 4.98 Å². The number of aromatic nitrogens is 1. The maximum atomic E-state index is 10.8. The number of nitrogens with zero attached hydrogens (tertiary/aromatic N) is 1. The minimum Gasteiger partial charge on any atom is -0.488 e. The van der Waals surface area contributed by atoms with Gasteiger partial charge in [-0.3, -0.25) is 10.1 Å². The summed E-state index contributed by atoms with van der Waals surface area (Å²) in [6, 6.07) is 1.38. The summed E-state index contributed by atoms with van der Waals surface area (Å²) < 4.78 is 4.96. The van der Waals surface area contributed by atoms with E-state index in [1.165, 1.54) is 18.5 Å². The first-order valence-corrected chi connectivity index (χ1v) is 3.08. The van der Waals surface area contributed by atoms with Crippen LogP contribution in [0.25, 0.3) is 0 Å². The van der Waals surface area contributed by atoms with Crippen molar-refractivity contribution in [3.05, 3.63) is 18.5 Å². The summed E-state index contributed by atoms with van der Waals surface area (Å²) in [4.78, 5) is 3.74. The number of ether oxygens (including phenoxy) is 1. The molecule has 53 valence electrons. The predicted octanol–water partition coefficient (Wildman–Crippen LogP) is 1.62. The van der Waals surface area contributed by atoms with Crippen molar-refractivity contribution in [1.82, 2.24) is 4.98 Å². The van der Waals surface area contributed by atoms with E-state index in [1.54, 1.807) is 0 Å². The summed E-state index contributed by atoms with van der Waals surface area (Å²) in [5, 5.41) is 10.8. The van der Waals surface area contributed by atoms with E-state index in [-0.39, 0.29) is 5.75 Å². The molecule has 1 aromatic rings. The molecular formula is C7H8NO2. The Balaban J connectivity index is 2.81. The molecule has 3 heteroatoms. The van der Waals surface area contributed by atoms with Crippen LogP contribution in [0.3, 0.4) is 0 Å². The van der Waals surface area contributed by atoms with Gasteiger partial charge in [-0.25, -0.2) is 0 Å². The quantitative estimate of drug-likeness (QED) is 0.623. The average molecular weight is 138 g/mol. The maximum Gasteiger partial charge on any atom is 0.223 e. The van der Waals surface area contributed by atoms with Crippen molar-refractivity contribution in [1.29, 1.82) is 0 Å². The van der Waals surface area contributed by atoms with Gasteiger partial charge in [0.2, 0.25) is 5.75 Å². The summed E-state index contributed by atoms with van der Waals surface area (Å²) >= 11 is 0. The molecule has 0 aliphatic rings. The van der Waals surface area contributed by atoms with E-state index in [0.717, 1.165) is 0 Å². The molecule has 0 unspecified atom stereocenters. The van der Waals surface area contributed by atoms with Crippen LogP contribution in [-0.4, -0.2) is 11.6 Å². The van der Waals surface area contributed by atoms with Gasteiger partial charge in [0.25, 0.3) is 0 Å². The number of hydrogen-bond acceptors (Lipinski definition) is 2. The van der Waals surface area contributed by atoms with Crippen LogP contribution in [0.2, 0.25) is 0 Å². The van der Waals surface area contributed by atoms with Gasteiger partial charge in [0.05, 0.1) is 12.8 Å². The molecule has 3 nitrogen and oxygen atoms in total.